The standard InChI is InChI=1S/C16H15N3O/c17-14-5-6-16(13-4-2-1-3-12(13)14)20-10-11-7-8-19-9-15(11)18/h1-9H,10,17-18H2. The summed E-state index contributed by atoms with van der Waals surface area (Å²) in [5, 5.41) is 1.99. The van der Waals surface area contributed by atoms with Crippen LogP contribution in [-0.2, 0) is 6.61 Å². The molecule has 4 N–H and O–H groups in total. The highest BCUT2D eigenvalue weighted by Gasteiger charge is 2.06. The van der Waals surface area contributed by atoms with Gasteiger partial charge in [0, 0.05) is 28.2 Å². The molecule has 0 atom stereocenters. The summed E-state index contributed by atoms with van der Waals surface area (Å²) in [6.45, 7) is 0.405. The SMILES string of the molecule is Nc1cnccc1COc1ccc(N)c2ccccc12. The molecule has 0 aliphatic carbocycles. The third kappa shape index (κ3) is 2.23. The zero-order valence-electron chi connectivity index (χ0n) is 10.9. The fourth-order valence-electron chi connectivity index (χ4n) is 2.14. The Morgan fingerprint density at radius 1 is 0.900 bits per heavy atom. The Morgan fingerprint density at radius 2 is 1.70 bits per heavy atom. The van der Waals surface area contributed by atoms with Crippen LogP contribution in [0.25, 0.3) is 10.8 Å². The molecule has 0 fully saturated rings. The molecule has 20 heavy (non-hydrogen) atoms. The molecule has 3 aromatic rings. The number of pyridine rings is 1. The summed E-state index contributed by atoms with van der Waals surface area (Å²) in [5.41, 5.74) is 14.1. The first-order valence-corrected chi connectivity index (χ1v) is 6.34. The number of hydrogen-bond acceptors (Lipinski definition) is 4. The Morgan fingerprint density at radius 3 is 2.50 bits per heavy atom. The summed E-state index contributed by atoms with van der Waals surface area (Å²) in [4.78, 5) is 3.96. The maximum Gasteiger partial charge on any atom is 0.127 e. The zero-order chi connectivity index (χ0) is 13.9. The van der Waals surface area contributed by atoms with E-state index in [1.54, 1.807) is 12.4 Å². The van der Waals surface area contributed by atoms with Crippen molar-refractivity contribution in [2.45, 2.75) is 6.61 Å². The Labute approximate surface area is 117 Å². The number of ether oxygens (including phenoxy) is 1. The molecule has 4 nitrogen and oxygen atoms in total. The highest BCUT2D eigenvalue weighted by molar-refractivity contribution is 5.96. The predicted octanol–water partition coefficient (Wildman–Crippen LogP) is 2.98. The lowest BCUT2D eigenvalue weighted by molar-refractivity contribution is 0.310. The largest absolute Gasteiger partial charge is 0.488 e. The molecular weight excluding hydrogens is 250 g/mol. The lowest BCUT2D eigenvalue weighted by atomic mass is 10.1. The molecule has 3 rings (SSSR count). The van der Waals surface area contributed by atoms with E-state index in [0.29, 0.717) is 12.3 Å². The average Bonchev–Trinajstić information content (AvgIpc) is 2.48. The van der Waals surface area contributed by atoms with Crippen LogP contribution in [0.2, 0.25) is 0 Å². The molecule has 0 amide bonds. The van der Waals surface area contributed by atoms with E-state index >= 15 is 0 Å². The Bertz CT molecular complexity index is 756. The van der Waals surface area contributed by atoms with Gasteiger partial charge in [0.05, 0.1) is 11.9 Å². The fraction of sp³-hybridized carbons (Fsp3) is 0.0625. The van der Waals surface area contributed by atoms with Gasteiger partial charge >= 0.3 is 0 Å². The van der Waals surface area contributed by atoms with Crippen LogP contribution in [0.15, 0.2) is 54.9 Å². The maximum absolute atomic E-state index is 5.97. The van der Waals surface area contributed by atoms with E-state index in [-0.39, 0.29) is 0 Å². The second-order valence-electron chi connectivity index (χ2n) is 4.56. The maximum atomic E-state index is 5.97. The summed E-state index contributed by atoms with van der Waals surface area (Å²) in [7, 11) is 0. The molecule has 100 valence electrons. The number of rotatable bonds is 3. The quantitative estimate of drug-likeness (QED) is 0.714. The molecule has 0 radical (unpaired) electrons. The van der Waals surface area contributed by atoms with Crippen LogP contribution >= 0.6 is 0 Å². The Kier molecular flexibility index (Phi) is 3.13. The molecule has 0 aliphatic rings. The number of nitrogens with zero attached hydrogens (tertiary/aromatic N) is 1. The summed E-state index contributed by atoms with van der Waals surface area (Å²) in [6.07, 6.45) is 3.33. The van der Waals surface area contributed by atoms with E-state index in [9.17, 15) is 0 Å². The highest BCUT2D eigenvalue weighted by atomic mass is 16.5. The first-order valence-electron chi connectivity index (χ1n) is 6.34. The van der Waals surface area contributed by atoms with Crippen LogP contribution in [0.1, 0.15) is 5.56 Å². The normalized spacial score (nSPS) is 10.6. The van der Waals surface area contributed by atoms with Crippen molar-refractivity contribution in [2.75, 3.05) is 11.5 Å². The second-order valence-corrected chi connectivity index (χ2v) is 4.56. The highest BCUT2D eigenvalue weighted by Crippen LogP contribution is 2.30. The van der Waals surface area contributed by atoms with E-state index in [1.165, 1.54) is 0 Å². The first-order chi connectivity index (χ1) is 9.75. The van der Waals surface area contributed by atoms with Gasteiger partial charge < -0.3 is 16.2 Å². The van der Waals surface area contributed by atoms with E-state index in [1.807, 2.05) is 42.5 Å². The molecule has 0 saturated heterocycles. The van der Waals surface area contributed by atoms with Crippen LogP contribution in [0.3, 0.4) is 0 Å². The van der Waals surface area contributed by atoms with Crippen molar-refractivity contribution in [2.24, 2.45) is 0 Å². The minimum Gasteiger partial charge on any atom is -0.488 e. The van der Waals surface area contributed by atoms with Crippen molar-refractivity contribution in [3.8, 4) is 5.75 Å². The lowest BCUT2D eigenvalue weighted by Crippen LogP contribution is -2.01. The number of anilines is 2. The molecule has 0 spiro atoms. The van der Waals surface area contributed by atoms with E-state index in [0.717, 1.165) is 27.8 Å². The molecule has 0 saturated carbocycles. The molecule has 4 heteroatoms. The fourth-order valence-corrected chi connectivity index (χ4v) is 2.14. The van der Waals surface area contributed by atoms with Crippen LogP contribution in [0, 0.1) is 0 Å². The number of nitrogens with two attached hydrogens (primary N) is 2. The van der Waals surface area contributed by atoms with Crippen LogP contribution in [-0.4, -0.2) is 4.98 Å². The predicted molar refractivity (Wildman–Crippen MR) is 81.3 cm³/mol. The van der Waals surface area contributed by atoms with Gasteiger partial charge in [-0.3, -0.25) is 4.98 Å². The van der Waals surface area contributed by atoms with Gasteiger partial charge in [-0.1, -0.05) is 24.3 Å². The van der Waals surface area contributed by atoms with Gasteiger partial charge in [0.15, 0.2) is 0 Å². The van der Waals surface area contributed by atoms with Gasteiger partial charge in [0.25, 0.3) is 0 Å². The monoisotopic (exact) mass is 265 g/mol. The summed E-state index contributed by atoms with van der Waals surface area (Å²) in [5.74, 6) is 0.797. The smallest absolute Gasteiger partial charge is 0.127 e. The van der Waals surface area contributed by atoms with E-state index < -0.39 is 0 Å². The third-order valence-corrected chi connectivity index (χ3v) is 3.25. The number of hydrogen-bond donors (Lipinski definition) is 2. The first kappa shape index (κ1) is 12.3. The molecule has 0 aliphatic heterocycles. The Hall–Kier alpha value is -2.75. The van der Waals surface area contributed by atoms with Gasteiger partial charge in [-0.15, -0.1) is 0 Å². The molecule has 0 bridgehead atoms. The molecular formula is C16H15N3O. The Balaban J connectivity index is 1.92. The van der Waals surface area contributed by atoms with Crippen molar-refractivity contribution in [3.63, 3.8) is 0 Å². The minimum absolute atomic E-state index is 0.405. The molecule has 0 unspecified atom stereocenters. The van der Waals surface area contributed by atoms with Gasteiger partial charge in [0.2, 0.25) is 0 Å². The van der Waals surface area contributed by atoms with Crippen molar-refractivity contribution in [1.82, 2.24) is 4.98 Å². The topological polar surface area (TPSA) is 74.2 Å². The summed E-state index contributed by atoms with van der Waals surface area (Å²) < 4.78 is 5.88. The molecule has 2 aromatic carbocycles. The molecule has 1 heterocycles. The van der Waals surface area contributed by atoms with Crippen molar-refractivity contribution in [1.29, 1.82) is 0 Å². The van der Waals surface area contributed by atoms with Gasteiger partial charge in [-0.2, -0.15) is 0 Å². The van der Waals surface area contributed by atoms with E-state index in [4.69, 9.17) is 16.2 Å². The average molecular weight is 265 g/mol. The van der Waals surface area contributed by atoms with Gasteiger partial charge in [-0.25, -0.2) is 0 Å². The third-order valence-electron chi connectivity index (χ3n) is 3.25. The lowest BCUT2D eigenvalue weighted by Gasteiger charge is -2.11. The van der Waals surface area contributed by atoms with Crippen LogP contribution in [0.4, 0.5) is 11.4 Å². The van der Waals surface area contributed by atoms with Crippen LogP contribution < -0.4 is 16.2 Å². The van der Waals surface area contributed by atoms with Crippen molar-refractivity contribution < 1.29 is 4.74 Å². The van der Waals surface area contributed by atoms with Crippen molar-refractivity contribution >= 4 is 22.1 Å². The van der Waals surface area contributed by atoms with Crippen LogP contribution in [0.5, 0.6) is 5.75 Å². The van der Waals surface area contributed by atoms with Gasteiger partial charge in [0.1, 0.15) is 12.4 Å². The summed E-state index contributed by atoms with van der Waals surface area (Å²) in [6, 6.07) is 13.5. The van der Waals surface area contributed by atoms with Gasteiger partial charge in [-0.05, 0) is 18.2 Å². The summed E-state index contributed by atoms with van der Waals surface area (Å²) >= 11 is 0. The number of fused-ring (bicyclic) bond motifs is 1. The van der Waals surface area contributed by atoms with Crippen molar-refractivity contribution in [3.05, 3.63) is 60.4 Å². The number of benzene rings is 2. The minimum atomic E-state index is 0.405. The van der Waals surface area contributed by atoms with E-state index in [2.05, 4.69) is 4.98 Å². The number of nitrogen functional groups attached to an aromatic ring is 2. The second kappa shape index (κ2) is 5.09. The zero-order valence-corrected chi connectivity index (χ0v) is 10.9. The number of aromatic nitrogens is 1. The molecule has 1 aromatic heterocycles.